The molecule has 3 N–H and O–H groups in total. The number of nitrogens with zero attached hydrogens (tertiary/aromatic N) is 3. The standard InChI is InChI=1S/C14H15N5O2/c15-13(20)9-8-17-18-12(9)11-5-3-7-19(11)14(21)10-4-1-2-6-16-10/h1-2,4,6,8,11H,3,5,7H2,(H2,15,20)(H,17,18). The minimum Gasteiger partial charge on any atom is -0.365 e. The SMILES string of the molecule is NC(=O)c1cn[nH]c1C1CCCN1C(=O)c1ccccn1. The van der Waals surface area contributed by atoms with Crippen LogP contribution in [-0.4, -0.2) is 38.4 Å². The summed E-state index contributed by atoms with van der Waals surface area (Å²) in [6, 6.07) is 5.00. The lowest BCUT2D eigenvalue weighted by Crippen LogP contribution is -2.32. The first-order valence-corrected chi connectivity index (χ1v) is 6.73. The number of aromatic nitrogens is 3. The van der Waals surface area contributed by atoms with Crippen molar-refractivity contribution in [1.29, 1.82) is 0 Å². The van der Waals surface area contributed by atoms with E-state index in [9.17, 15) is 9.59 Å². The zero-order valence-corrected chi connectivity index (χ0v) is 11.3. The summed E-state index contributed by atoms with van der Waals surface area (Å²) in [6.07, 6.45) is 4.62. The molecular weight excluding hydrogens is 270 g/mol. The fourth-order valence-corrected chi connectivity index (χ4v) is 2.69. The number of rotatable bonds is 3. The van der Waals surface area contributed by atoms with Crippen LogP contribution in [0.1, 0.15) is 45.4 Å². The minimum atomic E-state index is -0.545. The molecule has 0 radical (unpaired) electrons. The number of pyridine rings is 1. The third-order valence-electron chi connectivity index (χ3n) is 3.67. The zero-order chi connectivity index (χ0) is 14.8. The van der Waals surface area contributed by atoms with Gasteiger partial charge in [0.1, 0.15) is 5.69 Å². The Morgan fingerprint density at radius 1 is 1.38 bits per heavy atom. The van der Waals surface area contributed by atoms with E-state index in [4.69, 9.17) is 5.73 Å². The second-order valence-electron chi connectivity index (χ2n) is 4.93. The Hall–Kier alpha value is -2.70. The van der Waals surface area contributed by atoms with Crippen molar-refractivity contribution >= 4 is 11.8 Å². The number of primary amides is 1. The van der Waals surface area contributed by atoms with Crippen molar-refractivity contribution in [2.24, 2.45) is 5.73 Å². The van der Waals surface area contributed by atoms with Gasteiger partial charge in [0.15, 0.2) is 0 Å². The van der Waals surface area contributed by atoms with Gasteiger partial charge in [-0.25, -0.2) is 0 Å². The Kier molecular flexibility index (Phi) is 3.39. The predicted molar refractivity (Wildman–Crippen MR) is 74.4 cm³/mol. The number of hydrogen-bond donors (Lipinski definition) is 2. The largest absolute Gasteiger partial charge is 0.365 e. The molecule has 2 aromatic rings. The molecule has 0 spiro atoms. The minimum absolute atomic E-state index is 0.150. The maximum atomic E-state index is 12.5. The van der Waals surface area contributed by atoms with E-state index in [0.717, 1.165) is 12.8 Å². The molecule has 7 heteroatoms. The molecular formula is C14H15N5O2. The predicted octanol–water partition coefficient (Wildman–Crippen LogP) is 0.881. The normalized spacial score (nSPS) is 17.9. The number of likely N-dealkylation sites (tertiary alicyclic amines) is 1. The van der Waals surface area contributed by atoms with Gasteiger partial charge in [0.25, 0.3) is 11.8 Å². The number of carbonyl (C=O) groups excluding carboxylic acids is 2. The molecule has 1 fully saturated rings. The van der Waals surface area contributed by atoms with Crippen LogP contribution in [0.15, 0.2) is 30.6 Å². The van der Waals surface area contributed by atoms with Crippen LogP contribution in [0.4, 0.5) is 0 Å². The summed E-state index contributed by atoms with van der Waals surface area (Å²) in [6.45, 7) is 0.622. The van der Waals surface area contributed by atoms with Crippen LogP contribution in [0, 0.1) is 0 Å². The van der Waals surface area contributed by atoms with E-state index in [1.165, 1.54) is 6.20 Å². The van der Waals surface area contributed by atoms with Crippen molar-refractivity contribution in [3.63, 3.8) is 0 Å². The summed E-state index contributed by atoms with van der Waals surface area (Å²) in [5.74, 6) is -0.695. The lowest BCUT2D eigenvalue weighted by Gasteiger charge is -2.24. The van der Waals surface area contributed by atoms with Gasteiger partial charge in [-0.2, -0.15) is 5.10 Å². The number of aromatic amines is 1. The molecule has 3 heterocycles. The molecule has 1 saturated heterocycles. The summed E-state index contributed by atoms with van der Waals surface area (Å²) < 4.78 is 0. The fraction of sp³-hybridized carbons (Fsp3) is 0.286. The lowest BCUT2D eigenvalue weighted by atomic mass is 10.1. The van der Waals surface area contributed by atoms with E-state index in [2.05, 4.69) is 15.2 Å². The first-order valence-electron chi connectivity index (χ1n) is 6.73. The molecule has 0 aromatic carbocycles. The summed E-state index contributed by atoms with van der Waals surface area (Å²) in [4.78, 5) is 29.8. The molecule has 3 rings (SSSR count). The highest BCUT2D eigenvalue weighted by molar-refractivity contribution is 5.95. The van der Waals surface area contributed by atoms with E-state index >= 15 is 0 Å². The fourth-order valence-electron chi connectivity index (χ4n) is 2.69. The van der Waals surface area contributed by atoms with Crippen LogP contribution in [0.5, 0.6) is 0 Å². The highest BCUT2D eigenvalue weighted by atomic mass is 16.2. The van der Waals surface area contributed by atoms with Gasteiger partial charge in [-0.15, -0.1) is 0 Å². The average Bonchev–Trinajstić information content (AvgIpc) is 3.15. The Bertz CT molecular complexity index is 667. The highest BCUT2D eigenvalue weighted by Gasteiger charge is 2.34. The number of hydrogen-bond acceptors (Lipinski definition) is 4. The molecule has 1 atom stereocenters. The van der Waals surface area contributed by atoms with E-state index in [1.54, 1.807) is 29.3 Å². The van der Waals surface area contributed by atoms with Gasteiger partial charge in [-0.1, -0.05) is 6.07 Å². The molecule has 21 heavy (non-hydrogen) atoms. The molecule has 0 aliphatic carbocycles. The molecule has 0 bridgehead atoms. The number of H-pyrrole nitrogens is 1. The van der Waals surface area contributed by atoms with Crippen molar-refractivity contribution in [3.8, 4) is 0 Å². The third kappa shape index (κ3) is 2.37. The van der Waals surface area contributed by atoms with E-state index < -0.39 is 5.91 Å². The number of nitrogens with two attached hydrogens (primary N) is 1. The van der Waals surface area contributed by atoms with Crippen molar-refractivity contribution in [2.45, 2.75) is 18.9 Å². The number of nitrogens with one attached hydrogen (secondary N) is 1. The van der Waals surface area contributed by atoms with Crippen molar-refractivity contribution in [3.05, 3.63) is 47.5 Å². The van der Waals surface area contributed by atoms with Crippen molar-refractivity contribution < 1.29 is 9.59 Å². The Morgan fingerprint density at radius 2 is 2.24 bits per heavy atom. The molecule has 7 nitrogen and oxygen atoms in total. The topological polar surface area (TPSA) is 105 Å². The van der Waals surface area contributed by atoms with Crippen molar-refractivity contribution in [1.82, 2.24) is 20.1 Å². The first-order chi connectivity index (χ1) is 10.2. The molecule has 0 saturated carbocycles. The smallest absolute Gasteiger partial charge is 0.273 e. The Balaban J connectivity index is 1.91. The average molecular weight is 285 g/mol. The van der Waals surface area contributed by atoms with Crippen LogP contribution in [0.25, 0.3) is 0 Å². The van der Waals surface area contributed by atoms with Crippen molar-refractivity contribution in [2.75, 3.05) is 6.54 Å². The quantitative estimate of drug-likeness (QED) is 0.873. The van der Waals surface area contributed by atoms with Gasteiger partial charge in [-0.3, -0.25) is 19.7 Å². The van der Waals surface area contributed by atoms with Crippen LogP contribution >= 0.6 is 0 Å². The van der Waals surface area contributed by atoms with E-state index in [0.29, 0.717) is 23.5 Å². The number of amides is 2. The Labute approximate surface area is 121 Å². The lowest BCUT2D eigenvalue weighted by molar-refractivity contribution is 0.0724. The van der Waals surface area contributed by atoms with Gasteiger partial charge < -0.3 is 10.6 Å². The monoisotopic (exact) mass is 285 g/mol. The molecule has 108 valence electrons. The molecule has 1 aliphatic heterocycles. The maximum Gasteiger partial charge on any atom is 0.273 e. The molecule has 1 unspecified atom stereocenters. The highest BCUT2D eigenvalue weighted by Crippen LogP contribution is 2.33. The zero-order valence-electron chi connectivity index (χ0n) is 11.3. The summed E-state index contributed by atoms with van der Waals surface area (Å²) >= 11 is 0. The maximum absolute atomic E-state index is 12.5. The second kappa shape index (κ2) is 5.35. The van der Waals surface area contributed by atoms with Crippen LogP contribution in [0.3, 0.4) is 0 Å². The van der Waals surface area contributed by atoms with Crippen LogP contribution < -0.4 is 5.73 Å². The summed E-state index contributed by atoms with van der Waals surface area (Å²) in [5.41, 5.74) is 6.67. The van der Waals surface area contributed by atoms with E-state index in [1.807, 2.05) is 0 Å². The van der Waals surface area contributed by atoms with Gasteiger partial charge in [0.2, 0.25) is 0 Å². The van der Waals surface area contributed by atoms with Gasteiger partial charge in [0.05, 0.1) is 23.5 Å². The molecule has 2 amide bonds. The third-order valence-corrected chi connectivity index (χ3v) is 3.67. The first kappa shape index (κ1) is 13.3. The number of carbonyl (C=O) groups is 2. The van der Waals surface area contributed by atoms with Gasteiger partial charge in [-0.05, 0) is 25.0 Å². The Morgan fingerprint density at radius 3 is 2.95 bits per heavy atom. The second-order valence-corrected chi connectivity index (χ2v) is 4.93. The molecule has 1 aliphatic rings. The van der Waals surface area contributed by atoms with Gasteiger partial charge in [0, 0.05) is 12.7 Å². The van der Waals surface area contributed by atoms with Crippen LogP contribution in [-0.2, 0) is 0 Å². The summed E-state index contributed by atoms with van der Waals surface area (Å²) in [7, 11) is 0. The summed E-state index contributed by atoms with van der Waals surface area (Å²) in [5, 5.41) is 6.68. The van der Waals surface area contributed by atoms with Crippen LogP contribution in [0.2, 0.25) is 0 Å². The van der Waals surface area contributed by atoms with E-state index in [-0.39, 0.29) is 11.9 Å². The molecule has 2 aromatic heterocycles. The van der Waals surface area contributed by atoms with Gasteiger partial charge >= 0.3 is 0 Å².